The summed E-state index contributed by atoms with van der Waals surface area (Å²) in [6.45, 7) is 3.44. The molecule has 2 aliphatic rings. The maximum absolute atomic E-state index is 12.0. The third-order valence-electron chi connectivity index (χ3n) is 5.37. The van der Waals surface area contributed by atoms with E-state index in [1.807, 2.05) is 11.8 Å². The standard InChI is InChI=1S/C18H25BN2O2/c1-2-17(20)18(23)21-8-11(9-21)5-12-3-4-13(6-14(12)10-22)15-7-16(15)19/h3-4,6,10-11,15-17H,2,5,7-9,19-20H2,1H3. The first-order valence-electron chi connectivity index (χ1n) is 8.65. The molecule has 1 amide bonds. The molecule has 2 N–H and O–H groups in total. The van der Waals surface area contributed by atoms with E-state index in [0.717, 1.165) is 42.7 Å². The maximum Gasteiger partial charge on any atom is 0.239 e. The molecule has 1 aliphatic heterocycles. The van der Waals surface area contributed by atoms with Crippen molar-refractivity contribution in [1.29, 1.82) is 0 Å². The molecule has 23 heavy (non-hydrogen) atoms. The molecule has 0 spiro atoms. The lowest BCUT2D eigenvalue weighted by Gasteiger charge is -2.40. The fraction of sp³-hybridized carbons (Fsp3) is 0.556. The summed E-state index contributed by atoms with van der Waals surface area (Å²) in [4.78, 5) is 25.2. The van der Waals surface area contributed by atoms with E-state index in [1.165, 1.54) is 12.0 Å². The first-order chi connectivity index (χ1) is 11.0. The summed E-state index contributed by atoms with van der Waals surface area (Å²) in [5.74, 6) is 1.87. The predicted octanol–water partition coefficient (Wildman–Crippen LogP) is 1.15. The minimum absolute atomic E-state index is 0.0532. The van der Waals surface area contributed by atoms with Gasteiger partial charge in [-0.1, -0.05) is 31.3 Å². The molecule has 1 aliphatic carbocycles. The molecule has 3 unspecified atom stereocenters. The monoisotopic (exact) mass is 312 g/mol. The number of benzene rings is 1. The van der Waals surface area contributed by atoms with Crippen LogP contribution >= 0.6 is 0 Å². The van der Waals surface area contributed by atoms with Crippen molar-refractivity contribution in [2.45, 2.75) is 44.0 Å². The van der Waals surface area contributed by atoms with E-state index in [-0.39, 0.29) is 11.9 Å². The molecule has 1 aromatic carbocycles. The summed E-state index contributed by atoms with van der Waals surface area (Å²) >= 11 is 0. The Balaban J connectivity index is 1.59. The number of aldehydes is 1. The highest BCUT2D eigenvalue weighted by atomic mass is 16.2. The van der Waals surface area contributed by atoms with Crippen molar-refractivity contribution >= 4 is 20.0 Å². The van der Waals surface area contributed by atoms with Crippen LogP contribution in [-0.2, 0) is 11.2 Å². The first kappa shape index (κ1) is 16.3. The SMILES string of the molecule is BC1CC1c1ccc(CC2CN(C(=O)C(N)CC)C2)c(C=O)c1. The van der Waals surface area contributed by atoms with Crippen molar-refractivity contribution in [2.75, 3.05) is 13.1 Å². The predicted molar refractivity (Wildman–Crippen MR) is 93.5 cm³/mol. The average molecular weight is 312 g/mol. The van der Waals surface area contributed by atoms with Gasteiger partial charge in [0.15, 0.2) is 0 Å². The van der Waals surface area contributed by atoms with Crippen molar-refractivity contribution in [3.05, 3.63) is 34.9 Å². The van der Waals surface area contributed by atoms with Gasteiger partial charge in [-0.25, -0.2) is 0 Å². The fourth-order valence-corrected chi connectivity index (χ4v) is 3.53. The van der Waals surface area contributed by atoms with E-state index in [4.69, 9.17) is 5.73 Å². The minimum Gasteiger partial charge on any atom is -0.341 e. The van der Waals surface area contributed by atoms with Crippen LogP contribution in [0, 0.1) is 5.92 Å². The van der Waals surface area contributed by atoms with Gasteiger partial charge in [0.2, 0.25) is 5.91 Å². The molecule has 1 aromatic rings. The van der Waals surface area contributed by atoms with Crippen molar-refractivity contribution < 1.29 is 9.59 Å². The van der Waals surface area contributed by atoms with Gasteiger partial charge in [-0.3, -0.25) is 9.59 Å². The van der Waals surface area contributed by atoms with Crippen molar-refractivity contribution in [1.82, 2.24) is 4.90 Å². The zero-order valence-corrected chi connectivity index (χ0v) is 14.0. The summed E-state index contributed by atoms with van der Waals surface area (Å²) in [7, 11) is 2.25. The quantitative estimate of drug-likeness (QED) is 0.633. The van der Waals surface area contributed by atoms with Crippen LogP contribution in [0.25, 0.3) is 0 Å². The lowest BCUT2D eigenvalue weighted by atomic mass is 9.88. The molecule has 0 radical (unpaired) electrons. The summed E-state index contributed by atoms with van der Waals surface area (Å²) in [6, 6.07) is 5.96. The fourth-order valence-electron chi connectivity index (χ4n) is 3.53. The Hall–Kier alpha value is -1.62. The first-order valence-corrected chi connectivity index (χ1v) is 8.65. The van der Waals surface area contributed by atoms with E-state index >= 15 is 0 Å². The third-order valence-corrected chi connectivity index (χ3v) is 5.37. The lowest BCUT2D eigenvalue weighted by Crippen LogP contribution is -2.55. The molecule has 3 atom stereocenters. The Kier molecular flexibility index (Phi) is 4.58. The van der Waals surface area contributed by atoms with Crippen molar-refractivity contribution in [3.8, 4) is 0 Å². The second kappa shape index (κ2) is 6.48. The summed E-state index contributed by atoms with van der Waals surface area (Å²) in [5.41, 5.74) is 9.01. The van der Waals surface area contributed by atoms with Crippen molar-refractivity contribution in [3.63, 3.8) is 0 Å². The van der Waals surface area contributed by atoms with Gasteiger partial charge < -0.3 is 10.6 Å². The van der Waals surface area contributed by atoms with E-state index < -0.39 is 0 Å². The van der Waals surface area contributed by atoms with Crippen LogP contribution in [0.4, 0.5) is 0 Å². The Bertz CT molecular complexity index is 613. The van der Waals surface area contributed by atoms with Gasteiger partial charge >= 0.3 is 0 Å². The molecule has 122 valence electrons. The molecule has 4 nitrogen and oxygen atoms in total. The van der Waals surface area contributed by atoms with Gasteiger partial charge in [-0.15, -0.1) is 0 Å². The molecule has 2 fully saturated rings. The van der Waals surface area contributed by atoms with E-state index in [1.54, 1.807) is 0 Å². The number of hydrogen-bond acceptors (Lipinski definition) is 3. The molecule has 0 bridgehead atoms. The molecular weight excluding hydrogens is 287 g/mol. The number of carbonyl (C=O) groups excluding carboxylic acids is 2. The topological polar surface area (TPSA) is 63.4 Å². The molecule has 1 saturated carbocycles. The number of likely N-dealkylation sites (tertiary alicyclic amines) is 1. The average Bonchev–Trinajstić information content (AvgIpc) is 3.25. The van der Waals surface area contributed by atoms with E-state index in [9.17, 15) is 9.59 Å². The summed E-state index contributed by atoms with van der Waals surface area (Å²) < 4.78 is 0. The Morgan fingerprint density at radius 2 is 2.17 bits per heavy atom. The number of nitrogens with two attached hydrogens (primary N) is 1. The Morgan fingerprint density at radius 3 is 2.74 bits per heavy atom. The molecule has 3 rings (SSSR count). The lowest BCUT2D eigenvalue weighted by molar-refractivity contribution is -0.138. The van der Waals surface area contributed by atoms with Gasteiger partial charge in [0, 0.05) is 18.7 Å². The van der Waals surface area contributed by atoms with Gasteiger partial charge in [-0.05, 0) is 41.9 Å². The van der Waals surface area contributed by atoms with Crippen LogP contribution in [0.15, 0.2) is 18.2 Å². The van der Waals surface area contributed by atoms with Gasteiger partial charge in [0.1, 0.15) is 14.1 Å². The van der Waals surface area contributed by atoms with Gasteiger partial charge in [0.25, 0.3) is 0 Å². The maximum atomic E-state index is 12.0. The number of nitrogens with zero attached hydrogens (tertiary/aromatic N) is 1. The molecule has 5 heteroatoms. The van der Waals surface area contributed by atoms with Crippen LogP contribution in [0.2, 0.25) is 5.82 Å². The van der Waals surface area contributed by atoms with Crippen molar-refractivity contribution in [2.24, 2.45) is 11.7 Å². The molecular formula is C18H25BN2O2. The molecule has 0 aromatic heterocycles. The highest BCUT2D eigenvalue weighted by molar-refractivity contribution is 6.14. The van der Waals surface area contributed by atoms with Gasteiger partial charge in [0.05, 0.1) is 6.04 Å². The van der Waals surface area contributed by atoms with E-state index in [0.29, 0.717) is 18.3 Å². The number of hydrogen-bond donors (Lipinski definition) is 1. The Morgan fingerprint density at radius 1 is 1.48 bits per heavy atom. The van der Waals surface area contributed by atoms with Crippen LogP contribution in [0.5, 0.6) is 0 Å². The highest BCUT2D eigenvalue weighted by Crippen LogP contribution is 2.50. The summed E-state index contributed by atoms with van der Waals surface area (Å²) in [5, 5.41) is 0. The van der Waals surface area contributed by atoms with E-state index in [2.05, 4.69) is 26.0 Å². The van der Waals surface area contributed by atoms with Crippen LogP contribution in [-0.4, -0.2) is 44.1 Å². The second-order valence-electron chi connectivity index (χ2n) is 7.22. The second-order valence-corrected chi connectivity index (χ2v) is 7.22. The molecule has 1 saturated heterocycles. The smallest absolute Gasteiger partial charge is 0.239 e. The Labute approximate surface area is 138 Å². The normalized spacial score (nSPS) is 24.9. The minimum atomic E-state index is -0.374. The summed E-state index contributed by atoms with van der Waals surface area (Å²) in [6.07, 6.45) is 3.74. The van der Waals surface area contributed by atoms with Crippen LogP contribution in [0.1, 0.15) is 47.2 Å². The number of amides is 1. The third kappa shape index (κ3) is 3.35. The molecule has 1 heterocycles. The number of carbonyl (C=O) groups is 2. The van der Waals surface area contributed by atoms with Crippen LogP contribution in [0.3, 0.4) is 0 Å². The zero-order valence-electron chi connectivity index (χ0n) is 14.0. The number of rotatable bonds is 6. The highest BCUT2D eigenvalue weighted by Gasteiger charge is 2.35. The zero-order chi connectivity index (χ0) is 16.6. The van der Waals surface area contributed by atoms with Gasteiger partial charge in [-0.2, -0.15) is 0 Å². The largest absolute Gasteiger partial charge is 0.341 e. The van der Waals surface area contributed by atoms with Crippen LogP contribution < -0.4 is 5.73 Å².